The molecule has 2 heterocycles. The maximum atomic E-state index is 11.1. The summed E-state index contributed by atoms with van der Waals surface area (Å²) in [4.78, 5) is 17.2. The van der Waals surface area contributed by atoms with Crippen molar-refractivity contribution in [2.24, 2.45) is 0 Å². The van der Waals surface area contributed by atoms with Crippen LogP contribution in [0.5, 0.6) is 0 Å². The average Bonchev–Trinajstić information content (AvgIpc) is 2.76. The van der Waals surface area contributed by atoms with E-state index >= 15 is 0 Å². The highest BCUT2D eigenvalue weighted by Gasteiger charge is 2.26. The normalized spacial score (nSPS) is 20.1. The minimum Gasteiger partial charge on any atom is -0.478 e. The van der Waals surface area contributed by atoms with E-state index in [1.54, 1.807) is 12.3 Å². The van der Waals surface area contributed by atoms with Crippen LogP contribution in [0, 0.1) is 0 Å². The lowest BCUT2D eigenvalue weighted by atomic mass is 10.1. The van der Waals surface area contributed by atoms with E-state index in [1.807, 2.05) is 0 Å². The molecule has 0 spiro atoms. The van der Waals surface area contributed by atoms with Crippen molar-refractivity contribution in [2.75, 3.05) is 11.4 Å². The van der Waals surface area contributed by atoms with E-state index in [0.29, 0.717) is 11.6 Å². The summed E-state index contributed by atoms with van der Waals surface area (Å²) in [5.41, 5.74) is 1.12. The Balaban J connectivity index is 2.35. The maximum Gasteiger partial charge on any atom is 0.339 e. The third-order valence-corrected chi connectivity index (χ3v) is 3.19. The number of hydrogen-bond acceptors (Lipinski definition) is 3. The molecule has 1 saturated heterocycles. The van der Waals surface area contributed by atoms with Crippen molar-refractivity contribution in [1.29, 1.82) is 0 Å². The van der Waals surface area contributed by atoms with Gasteiger partial charge in [-0.3, -0.25) is 4.98 Å². The lowest BCUT2D eigenvalue weighted by Gasteiger charge is -2.26. The van der Waals surface area contributed by atoms with Crippen molar-refractivity contribution in [2.45, 2.75) is 32.2 Å². The molecule has 1 aromatic heterocycles. The standard InChI is InChI=1S/C12H16N2O2/c1-2-9-4-3-7-14(9)11-5-6-13-8-10(11)12(15)16/h5-6,8-9H,2-4,7H2,1H3,(H,15,16)/t9-/m0/s1. The van der Waals surface area contributed by atoms with Gasteiger partial charge in [-0.2, -0.15) is 0 Å². The van der Waals surface area contributed by atoms with Crippen molar-refractivity contribution < 1.29 is 9.90 Å². The number of carboxylic acid groups (broad SMARTS) is 1. The van der Waals surface area contributed by atoms with Crippen LogP contribution in [0.25, 0.3) is 0 Å². The molecule has 2 rings (SSSR count). The number of nitrogens with zero attached hydrogens (tertiary/aromatic N) is 2. The van der Waals surface area contributed by atoms with Gasteiger partial charge >= 0.3 is 5.97 Å². The Morgan fingerprint density at radius 1 is 1.69 bits per heavy atom. The van der Waals surface area contributed by atoms with Crippen LogP contribution in [0.4, 0.5) is 5.69 Å². The first-order valence-corrected chi connectivity index (χ1v) is 5.68. The Morgan fingerprint density at radius 3 is 3.19 bits per heavy atom. The predicted octanol–water partition coefficient (Wildman–Crippen LogP) is 2.16. The largest absolute Gasteiger partial charge is 0.478 e. The second-order valence-electron chi connectivity index (χ2n) is 4.10. The maximum absolute atomic E-state index is 11.1. The van der Waals surface area contributed by atoms with E-state index in [4.69, 9.17) is 5.11 Å². The molecule has 0 aliphatic carbocycles. The SMILES string of the molecule is CC[C@H]1CCCN1c1ccncc1C(=O)O. The number of rotatable bonds is 3. The molecular formula is C12H16N2O2. The average molecular weight is 220 g/mol. The monoisotopic (exact) mass is 220 g/mol. The summed E-state index contributed by atoms with van der Waals surface area (Å²) < 4.78 is 0. The summed E-state index contributed by atoms with van der Waals surface area (Å²) in [5.74, 6) is -0.898. The highest BCUT2D eigenvalue weighted by atomic mass is 16.4. The molecule has 0 aromatic carbocycles. The first-order chi connectivity index (χ1) is 7.74. The highest BCUT2D eigenvalue weighted by molar-refractivity contribution is 5.94. The van der Waals surface area contributed by atoms with Crippen molar-refractivity contribution in [3.63, 3.8) is 0 Å². The lowest BCUT2D eigenvalue weighted by Crippen LogP contribution is -2.30. The summed E-state index contributed by atoms with van der Waals surface area (Å²) in [6.45, 7) is 3.09. The fourth-order valence-corrected chi connectivity index (χ4v) is 2.38. The van der Waals surface area contributed by atoms with Gasteiger partial charge in [-0.15, -0.1) is 0 Å². The van der Waals surface area contributed by atoms with Gasteiger partial charge < -0.3 is 10.0 Å². The van der Waals surface area contributed by atoms with E-state index in [2.05, 4.69) is 16.8 Å². The molecule has 0 saturated carbocycles. The molecule has 1 fully saturated rings. The van der Waals surface area contributed by atoms with Crippen LogP contribution in [0.1, 0.15) is 36.5 Å². The molecule has 16 heavy (non-hydrogen) atoms. The Morgan fingerprint density at radius 2 is 2.50 bits per heavy atom. The third kappa shape index (κ3) is 1.87. The lowest BCUT2D eigenvalue weighted by molar-refractivity contribution is 0.0697. The van der Waals surface area contributed by atoms with E-state index in [-0.39, 0.29) is 0 Å². The smallest absolute Gasteiger partial charge is 0.339 e. The van der Waals surface area contributed by atoms with Gasteiger partial charge in [0, 0.05) is 25.0 Å². The Labute approximate surface area is 94.9 Å². The van der Waals surface area contributed by atoms with Gasteiger partial charge in [0.1, 0.15) is 5.56 Å². The summed E-state index contributed by atoms with van der Waals surface area (Å²) in [6, 6.07) is 2.28. The third-order valence-electron chi connectivity index (χ3n) is 3.19. The van der Waals surface area contributed by atoms with Gasteiger partial charge in [-0.25, -0.2) is 4.79 Å². The number of pyridine rings is 1. The molecule has 1 aromatic rings. The van der Waals surface area contributed by atoms with Crippen LogP contribution in [0.2, 0.25) is 0 Å². The fraction of sp³-hybridized carbons (Fsp3) is 0.500. The first-order valence-electron chi connectivity index (χ1n) is 5.68. The quantitative estimate of drug-likeness (QED) is 0.848. The van der Waals surface area contributed by atoms with Crippen LogP contribution >= 0.6 is 0 Å². The van der Waals surface area contributed by atoms with Gasteiger partial charge in [0.15, 0.2) is 0 Å². The highest BCUT2D eigenvalue weighted by Crippen LogP contribution is 2.29. The van der Waals surface area contributed by atoms with Crippen molar-refractivity contribution in [1.82, 2.24) is 4.98 Å². The first kappa shape index (κ1) is 10.9. The second-order valence-corrected chi connectivity index (χ2v) is 4.10. The van der Waals surface area contributed by atoms with Gasteiger partial charge in [-0.05, 0) is 25.3 Å². The topological polar surface area (TPSA) is 53.4 Å². The summed E-state index contributed by atoms with van der Waals surface area (Å²) >= 11 is 0. The predicted molar refractivity (Wildman–Crippen MR) is 61.9 cm³/mol. The van der Waals surface area contributed by atoms with Crippen LogP contribution in [-0.4, -0.2) is 28.6 Å². The van der Waals surface area contributed by atoms with Crippen molar-refractivity contribution >= 4 is 11.7 Å². The number of carboxylic acids is 1. The molecule has 1 atom stereocenters. The molecule has 86 valence electrons. The Bertz CT molecular complexity index is 392. The minimum atomic E-state index is -0.898. The zero-order valence-corrected chi connectivity index (χ0v) is 9.39. The van der Waals surface area contributed by atoms with Gasteiger partial charge in [0.25, 0.3) is 0 Å². The number of carbonyl (C=O) groups is 1. The molecule has 0 bridgehead atoms. The molecule has 1 aliphatic rings. The Kier molecular flexibility index (Phi) is 3.08. The molecule has 1 aliphatic heterocycles. The summed E-state index contributed by atoms with van der Waals surface area (Å²) in [6.07, 6.45) is 6.44. The van der Waals surface area contributed by atoms with Crippen LogP contribution in [0.15, 0.2) is 18.5 Å². The number of hydrogen-bond donors (Lipinski definition) is 1. The molecule has 1 N–H and O–H groups in total. The molecule has 0 unspecified atom stereocenters. The van der Waals surface area contributed by atoms with Crippen LogP contribution in [-0.2, 0) is 0 Å². The molecule has 0 amide bonds. The van der Waals surface area contributed by atoms with E-state index in [1.165, 1.54) is 6.20 Å². The van der Waals surface area contributed by atoms with Crippen LogP contribution < -0.4 is 4.90 Å². The minimum absolute atomic E-state index is 0.308. The van der Waals surface area contributed by atoms with E-state index in [0.717, 1.165) is 31.5 Å². The number of aromatic carboxylic acids is 1. The van der Waals surface area contributed by atoms with Crippen LogP contribution in [0.3, 0.4) is 0 Å². The zero-order chi connectivity index (χ0) is 11.5. The molecule has 0 radical (unpaired) electrons. The van der Waals surface area contributed by atoms with Gasteiger partial charge in [0.05, 0.1) is 5.69 Å². The number of aromatic nitrogens is 1. The van der Waals surface area contributed by atoms with Gasteiger partial charge in [0.2, 0.25) is 0 Å². The molecule has 4 heteroatoms. The molecular weight excluding hydrogens is 204 g/mol. The van der Waals surface area contributed by atoms with E-state index in [9.17, 15) is 4.79 Å². The second kappa shape index (κ2) is 4.51. The molecule has 4 nitrogen and oxygen atoms in total. The van der Waals surface area contributed by atoms with E-state index < -0.39 is 5.97 Å². The summed E-state index contributed by atoms with van der Waals surface area (Å²) in [5, 5.41) is 9.12. The van der Waals surface area contributed by atoms with Gasteiger partial charge in [-0.1, -0.05) is 6.92 Å². The zero-order valence-electron chi connectivity index (χ0n) is 9.39. The Hall–Kier alpha value is -1.58. The van der Waals surface area contributed by atoms with Crippen molar-refractivity contribution in [3.8, 4) is 0 Å². The summed E-state index contributed by atoms with van der Waals surface area (Å²) in [7, 11) is 0. The fourth-order valence-electron chi connectivity index (χ4n) is 2.38. The number of anilines is 1. The van der Waals surface area contributed by atoms with Crippen molar-refractivity contribution in [3.05, 3.63) is 24.0 Å².